The van der Waals surface area contributed by atoms with Crippen molar-refractivity contribution in [1.29, 1.82) is 0 Å². The highest BCUT2D eigenvalue weighted by Crippen LogP contribution is 2.32. The van der Waals surface area contributed by atoms with Gasteiger partial charge in [0.2, 0.25) is 11.8 Å². The standard InChI is InChI=1S/C17H24N8O6S/c1-7(26)23-12(17(2,3)32-24-30)15(29)19-4-8-10(27)11(28)16(31-8)25-6-22-9-13(18)20-5-21-14(9)25/h5-6,8,10-12,16,27-28H,4H2,1-3H3,(H,19,29)(H,23,26)(H2,18,20,21)/t8-,10-,11-,12+,16-/m1/s1. The number of imidazole rings is 1. The minimum absolute atomic E-state index is 0.153. The van der Waals surface area contributed by atoms with Crippen molar-refractivity contribution in [1.82, 2.24) is 30.2 Å². The Bertz CT molecular complexity index is 1020. The van der Waals surface area contributed by atoms with Crippen LogP contribution < -0.4 is 16.4 Å². The second-order valence-electron chi connectivity index (χ2n) is 7.78. The van der Waals surface area contributed by atoms with Crippen LogP contribution in [0.25, 0.3) is 11.2 Å². The molecule has 14 nitrogen and oxygen atoms in total. The molecule has 0 bridgehead atoms. The van der Waals surface area contributed by atoms with Crippen molar-refractivity contribution >= 4 is 40.7 Å². The Morgan fingerprint density at radius 2 is 2.06 bits per heavy atom. The number of nitrogens with zero attached hydrogens (tertiary/aromatic N) is 5. The van der Waals surface area contributed by atoms with Gasteiger partial charge in [-0.1, -0.05) is 0 Å². The minimum atomic E-state index is -1.34. The van der Waals surface area contributed by atoms with Gasteiger partial charge in [0.1, 0.15) is 36.2 Å². The van der Waals surface area contributed by atoms with Gasteiger partial charge in [0.15, 0.2) is 17.7 Å². The fourth-order valence-electron chi connectivity index (χ4n) is 3.39. The van der Waals surface area contributed by atoms with Crippen LogP contribution in [0.3, 0.4) is 0 Å². The van der Waals surface area contributed by atoms with Crippen LogP contribution in [0.4, 0.5) is 5.82 Å². The average Bonchev–Trinajstić information content (AvgIpc) is 3.27. The monoisotopic (exact) mass is 468 g/mol. The average molecular weight is 468 g/mol. The number of nitrogens with one attached hydrogen (secondary N) is 2. The zero-order chi connectivity index (χ0) is 23.6. The zero-order valence-corrected chi connectivity index (χ0v) is 18.3. The van der Waals surface area contributed by atoms with Crippen molar-refractivity contribution in [3.8, 4) is 0 Å². The van der Waals surface area contributed by atoms with Crippen LogP contribution in [0.2, 0.25) is 0 Å². The Morgan fingerprint density at radius 1 is 1.34 bits per heavy atom. The van der Waals surface area contributed by atoms with Crippen LogP contribution in [0.1, 0.15) is 27.0 Å². The van der Waals surface area contributed by atoms with Crippen molar-refractivity contribution in [2.75, 3.05) is 12.3 Å². The number of rotatable bonds is 8. The van der Waals surface area contributed by atoms with E-state index in [2.05, 4.69) is 30.2 Å². The molecule has 0 radical (unpaired) electrons. The van der Waals surface area contributed by atoms with Gasteiger partial charge in [-0.3, -0.25) is 14.2 Å². The molecule has 0 saturated carbocycles. The van der Waals surface area contributed by atoms with E-state index in [1.807, 2.05) is 0 Å². The summed E-state index contributed by atoms with van der Waals surface area (Å²) in [5.41, 5.74) is 6.40. The van der Waals surface area contributed by atoms with Gasteiger partial charge < -0.3 is 31.3 Å². The van der Waals surface area contributed by atoms with E-state index >= 15 is 0 Å². The maximum atomic E-state index is 12.7. The molecule has 0 aromatic carbocycles. The lowest BCUT2D eigenvalue weighted by molar-refractivity contribution is -0.129. The number of nitroso groups, excluding NO2 is 1. The van der Waals surface area contributed by atoms with E-state index in [4.69, 9.17) is 10.5 Å². The summed E-state index contributed by atoms with van der Waals surface area (Å²) in [5, 5.41) is 26.0. The second kappa shape index (κ2) is 9.32. The third-order valence-electron chi connectivity index (χ3n) is 5.05. The first-order valence-corrected chi connectivity index (χ1v) is 10.3. The van der Waals surface area contributed by atoms with Crippen molar-refractivity contribution in [2.45, 2.75) is 56.1 Å². The van der Waals surface area contributed by atoms with Gasteiger partial charge in [0.25, 0.3) is 0 Å². The van der Waals surface area contributed by atoms with Crippen LogP contribution in [0.15, 0.2) is 17.2 Å². The summed E-state index contributed by atoms with van der Waals surface area (Å²) in [6, 6.07) is -1.08. The van der Waals surface area contributed by atoms with E-state index in [0.29, 0.717) is 23.1 Å². The molecule has 3 rings (SSSR count). The van der Waals surface area contributed by atoms with Crippen molar-refractivity contribution in [2.24, 2.45) is 4.58 Å². The summed E-state index contributed by atoms with van der Waals surface area (Å²) in [4.78, 5) is 47.0. The fourth-order valence-corrected chi connectivity index (χ4v) is 3.86. The highest BCUT2D eigenvalue weighted by molar-refractivity contribution is 7.99. The topological polar surface area (TPSA) is 207 Å². The Labute approximate surface area is 186 Å². The van der Waals surface area contributed by atoms with Crippen molar-refractivity contribution in [3.63, 3.8) is 0 Å². The molecule has 1 aliphatic rings. The molecule has 1 aliphatic heterocycles. The third kappa shape index (κ3) is 4.64. The summed E-state index contributed by atoms with van der Waals surface area (Å²) in [6.45, 7) is 4.23. The molecule has 2 aromatic rings. The first-order chi connectivity index (χ1) is 15.1. The van der Waals surface area contributed by atoms with Crippen molar-refractivity contribution < 1.29 is 24.5 Å². The number of carbonyl (C=O) groups excluding carboxylic acids is 2. The summed E-state index contributed by atoms with van der Waals surface area (Å²) in [6.07, 6.45) is -2.10. The molecular formula is C17H24N8O6S. The summed E-state index contributed by atoms with van der Waals surface area (Å²) in [5.74, 6) is -0.922. The molecular weight excluding hydrogens is 444 g/mol. The van der Waals surface area contributed by atoms with Gasteiger partial charge in [-0.15, -0.1) is 4.91 Å². The Kier molecular flexibility index (Phi) is 6.92. The quantitative estimate of drug-likeness (QED) is 0.231. The van der Waals surface area contributed by atoms with Gasteiger partial charge >= 0.3 is 0 Å². The highest BCUT2D eigenvalue weighted by atomic mass is 32.2. The van der Waals surface area contributed by atoms with E-state index in [9.17, 15) is 24.7 Å². The zero-order valence-electron chi connectivity index (χ0n) is 17.5. The number of nitrogen functional groups attached to an aromatic ring is 1. The first kappa shape index (κ1) is 23.8. The van der Waals surface area contributed by atoms with Crippen LogP contribution in [0.5, 0.6) is 0 Å². The number of nitrogens with two attached hydrogens (primary N) is 1. The number of fused-ring (bicyclic) bond motifs is 1. The molecule has 2 aromatic heterocycles. The number of aliphatic hydroxyl groups is 2. The SMILES string of the molecule is CC(=O)N[C@@H](C(=O)NC[C@H]1O[C@@H](n2cnc3c(N)ncnc32)[C@H](O)[C@@H]1O)C(C)(C)SN=O. The lowest BCUT2D eigenvalue weighted by atomic mass is 10.0. The molecule has 6 N–H and O–H groups in total. The van der Waals surface area contributed by atoms with Crippen LogP contribution in [-0.2, 0) is 14.3 Å². The third-order valence-corrected chi connectivity index (χ3v) is 5.83. The Morgan fingerprint density at radius 3 is 2.72 bits per heavy atom. The van der Waals surface area contributed by atoms with E-state index in [0.717, 1.165) is 0 Å². The molecule has 0 spiro atoms. The molecule has 1 fully saturated rings. The van der Waals surface area contributed by atoms with Gasteiger partial charge in [-0.2, -0.15) is 0 Å². The normalized spacial score (nSPS) is 24.3. The second-order valence-corrected chi connectivity index (χ2v) is 9.16. The molecule has 32 heavy (non-hydrogen) atoms. The number of aliphatic hydroxyl groups excluding tert-OH is 2. The highest BCUT2D eigenvalue weighted by Gasteiger charge is 2.45. The molecule has 15 heteroatoms. The van der Waals surface area contributed by atoms with E-state index in [1.54, 1.807) is 13.8 Å². The lowest BCUT2D eigenvalue weighted by Crippen LogP contribution is -2.57. The molecule has 1 saturated heterocycles. The number of carbonyl (C=O) groups is 2. The molecule has 174 valence electrons. The van der Waals surface area contributed by atoms with Gasteiger partial charge in [0.05, 0.1) is 11.1 Å². The largest absolute Gasteiger partial charge is 0.387 e. The Balaban J connectivity index is 1.72. The predicted molar refractivity (Wildman–Crippen MR) is 114 cm³/mol. The summed E-state index contributed by atoms with van der Waals surface area (Å²) < 4.78 is 8.90. The van der Waals surface area contributed by atoms with E-state index < -0.39 is 47.1 Å². The Hall–Kier alpha value is -2.88. The van der Waals surface area contributed by atoms with E-state index in [1.165, 1.54) is 24.1 Å². The molecule has 0 aliphatic carbocycles. The lowest BCUT2D eigenvalue weighted by Gasteiger charge is -2.30. The van der Waals surface area contributed by atoms with Crippen LogP contribution in [-0.4, -0.2) is 77.2 Å². The molecule has 2 amide bonds. The molecule has 5 atom stereocenters. The number of hydrogen-bond acceptors (Lipinski definition) is 12. The van der Waals surface area contributed by atoms with Crippen LogP contribution >= 0.6 is 11.9 Å². The number of ether oxygens (including phenoxy) is 1. The number of amides is 2. The first-order valence-electron chi connectivity index (χ1n) is 9.57. The molecule has 3 heterocycles. The van der Waals surface area contributed by atoms with Gasteiger partial charge in [-0.05, 0) is 13.8 Å². The maximum absolute atomic E-state index is 12.7. The number of anilines is 1. The summed E-state index contributed by atoms with van der Waals surface area (Å²) >= 11 is 0.613. The molecule has 0 unspecified atom stereocenters. The minimum Gasteiger partial charge on any atom is -0.387 e. The smallest absolute Gasteiger partial charge is 0.244 e. The van der Waals surface area contributed by atoms with Gasteiger partial charge in [0, 0.05) is 30.0 Å². The number of hydrogen-bond donors (Lipinski definition) is 5. The fraction of sp³-hybridized carbons (Fsp3) is 0.588. The predicted octanol–water partition coefficient (Wildman–Crippen LogP) is -1.16. The van der Waals surface area contributed by atoms with Gasteiger partial charge in [-0.25, -0.2) is 15.0 Å². The maximum Gasteiger partial charge on any atom is 0.244 e. The van der Waals surface area contributed by atoms with Crippen LogP contribution in [0, 0.1) is 4.91 Å². The number of aromatic nitrogens is 4. The van der Waals surface area contributed by atoms with E-state index in [-0.39, 0.29) is 12.4 Å². The van der Waals surface area contributed by atoms with Crippen molar-refractivity contribution in [3.05, 3.63) is 17.6 Å². The summed E-state index contributed by atoms with van der Waals surface area (Å²) in [7, 11) is 0.